The van der Waals surface area contributed by atoms with E-state index >= 15 is 0 Å². The first-order valence-corrected chi connectivity index (χ1v) is 8.44. The van der Waals surface area contributed by atoms with Crippen molar-refractivity contribution in [2.24, 2.45) is 15.4 Å². The molecule has 1 aliphatic carbocycles. The Balaban J connectivity index is 1.72. The second kappa shape index (κ2) is 5.16. The number of piperidine rings is 1. The van der Waals surface area contributed by atoms with Crippen molar-refractivity contribution in [3.63, 3.8) is 0 Å². The second-order valence-corrected chi connectivity index (χ2v) is 6.96. The highest BCUT2D eigenvalue weighted by atomic mass is 16.1. The molecule has 1 saturated carbocycles. The SMILES string of the molecule is CCC1C=C2C(=NC(=O)C(C#N)=C2N2CCC3(CC2)CC3)C=N1. The van der Waals surface area contributed by atoms with Crippen molar-refractivity contribution in [3.8, 4) is 6.07 Å². The summed E-state index contributed by atoms with van der Waals surface area (Å²) in [4.78, 5) is 23.0. The quantitative estimate of drug-likeness (QED) is 0.786. The van der Waals surface area contributed by atoms with E-state index in [1.807, 2.05) is 0 Å². The molecule has 5 heteroatoms. The Morgan fingerprint density at radius 1 is 1.35 bits per heavy atom. The number of hydrogen-bond donors (Lipinski definition) is 0. The monoisotopic (exact) mass is 308 g/mol. The minimum atomic E-state index is -0.428. The van der Waals surface area contributed by atoms with Crippen molar-refractivity contribution in [2.75, 3.05) is 13.1 Å². The van der Waals surface area contributed by atoms with Gasteiger partial charge in [-0.2, -0.15) is 5.26 Å². The molecule has 3 aliphatic heterocycles. The fourth-order valence-corrected chi connectivity index (χ4v) is 3.78. The van der Waals surface area contributed by atoms with Crippen LogP contribution in [0.1, 0.15) is 39.0 Å². The highest BCUT2D eigenvalue weighted by Gasteiger charge is 2.45. The molecule has 1 saturated heterocycles. The Morgan fingerprint density at radius 2 is 2.09 bits per heavy atom. The summed E-state index contributed by atoms with van der Waals surface area (Å²) in [6.45, 7) is 3.93. The lowest BCUT2D eigenvalue weighted by molar-refractivity contribution is -0.114. The van der Waals surface area contributed by atoms with Crippen molar-refractivity contribution in [3.05, 3.63) is 22.9 Å². The average molecular weight is 308 g/mol. The molecule has 1 unspecified atom stereocenters. The van der Waals surface area contributed by atoms with Crippen LogP contribution in [0.4, 0.5) is 0 Å². The molecule has 1 atom stereocenters. The number of hydrogen-bond acceptors (Lipinski definition) is 4. The molecular weight excluding hydrogens is 288 g/mol. The summed E-state index contributed by atoms with van der Waals surface area (Å²) in [5, 5.41) is 9.51. The topological polar surface area (TPSA) is 68.8 Å². The highest BCUT2D eigenvalue weighted by molar-refractivity contribution is 6.43. The molecule has 4 rings (SSSR count). The van der Waals surface area contributed by atoms with E-state index in [2.05, 4.69) is 34.0 Å². The van der Waals surface area contributed by atoms with Crippen LogP contribution in [0.3, 0.4) is 0 Å². The highest BCUT2D eigenvalue weighted by Crippen LogP contribution is 2.54. The Hall–Kier alpha value is -2.22. The molecule has 118 valence electrons. The van der Waals surface area contributed by atoms with Crippen LogP contribution < -0.4 is 0 Å². The number of rotatable bonds is 2. The largest absolute Gasteiger partial charge is 0.370 e. The predicted octanol–water partition coefficient (Wildman–Crippen LogP) is 2.41. The first kappa shape index (κ1) is 14.4. The number of nitriles is 1. The van der Waals surface area contributed by atoms with Crippen LogP contribution >= 0.6 is 0 Å². The molecule has 0 radical (unpaired) electrons. The van der Waals surface area contributed by atoms with E-state index in [4.69, 9.17) is 0 Å². The number of amides is 1. The molecule has 2 fully saturated rings. The third kappa shape index (κ3) is 2.33. The summed E-state index contributed by atoms with van der Waals surface area (Å²) in [6.07, 6.45) is 9.66. The first-order chi connectivity index (χ1) is 11.2. The van der Waals surface area contributed by atoms with E-state index in [1.54, 1.807) is 6.21 Å². The van der Waals surface area contributed by atoms with E-state index < -0.39 is 5.91 Å². The zero-order valence-corrected chi connectivity index (χ0v) is 13.4. The number of likely N-dealkylation sites (tertiary alicyclic amines) is 1. The van der Waals surface area contributed by atoms with Crippen LogP contribution in [0, 0.1) is 16.7 Å². The van der Waals surface area contributed by atoms with Crippen molar-refractivity contribution in [2.45, 2.75) is 45.1 Å². The van der Waals surface area contributed by atoms with Gasteiger partial charge in [0.05, 0.1) is 17.5 Å². The molecule has 0 aromatic rings. The van der Waals surface area contributed by atoms with Crippen LogP contribution in [-0.2, 0) is 4.79 Å². The Morgan fingerprint density at radius 3 is 2.70 bits per heavy atom. The molecule has 4 aliphatic rings. The Labute approximate surface area is 136 Å². The van der Waals surface area contributed by atoms with E-state index in [1.165, 1.54) is 12.8 Å². The smallest absolute Gasteiger partial charge is 0.290 e. The molecule has 23 heavy (non-hydrogen) atoms. The van der Waals surface area contributed by atoms with E-state index in [-0.39, 0.29) is 11.6 Å². The molecular formula is C18H20N4O. The zero-order chi connectivity index (χ0) is 16.0. The number of aliphatic imine (C=N–C) groups is 2. The average Bonchev–Trinajstić information content (AvgIpc) is 3.33. The molecule has 0 aromatic heterocycles. The first-order valence-electron chi connectivity index (χ1n) is 8.44. The number of dihydropyridines is 2. The van der Waals surface area contributed by atoms with Crippen LogP contribution in [0.5, 0.6) is 0 Å². The maximum Gasteiger partial charge on any atom is 0.290 e. The summed E-state index contributed by atoms with van der Waals surface area (Å²) < 4.78 is 0. The third-order valence-corrected chi connectivity index (χ3v) is 5.58. The van der Waals surface area contributed by atoms with Crippen molar-refractivity contribution >= 4 is 17.8 Å². The minimum absolute atomic E-state index is 0.103. The van der Waals surface area contributed by atoms with Gasteiger partial charge in [-0.1, -0.05) is 6.92 Å². The summed E-state index contributed by atoms with van der Waals surface area (Å²) >= 11 is 0. The van der Waals surface area contributed by atoms with Crippen LogP contribution in [0.25, 0.3) is 0 Å². The standard InChI is InChI=1S/C18H20N4O/c1-2-12-9-13-15(11-20-12)21-17(23)14(10-19)16(13)22-7-5-18(3-4-18)6-8-22/h9,11-12H,2-8H2,1H3. The van der Waals surface area contributed by atoms with Gasteiger partial charge in [-0.15, -0.1) is 0 Å². The van der Waals surface area contributed by atoms with Crippen LogP contribution in [0.2, 0.25) is 0 Å². The van der Waals surface area contributed by atoms with Gasteiger partial charge in [0.2, 0.25) is 0 Å². The molecule has 1 spiro atoms. The molecule has 0 N–H and O–H groups in total. The lowest BCUT2D eigenvalue weighted by Crippen LogP contribution is -2.39. The van der Waals surface area contributed by atoms with Crippen LogP contribution in [-0.4, -0.2) is 41.9 Å². The number of fused-ring (bicyclic) bond motifs is 1. The van der Waals surface area contributed by atoms with Gasteiger partial charge < -0.3 is 4.90 Å². The molecule has 0 aromatic carbocycles. The number of allylic oxidation sites excluding steroid dienone is 1. The van der Waals surface area contributed by atoms with Gasteiger partial charge in [-0.05, 0) is 43.6 Å². The number of carbonyl (C=O) groups excluding carboxylic acids is 1. The van der Waals surface area contributed by atoms with Crippen LogP contribution in [0.15, 0.2) is 32.9 Å². The summed E-state index contributed by atoms with van der Waals surface area (Å²) in [5.41, 5.74) is 3.09. The van der Waals surface area contributed by atoms with E-state index in [0.717, 1.165) is 43.6 Å². The normalized spacial score (nSPS) is 28.3. The fraction of sp³-hybridized carbons (Fsp3) is 0.556. The van der Waals surface area contributed by atoms with Gasteiger partial charge in [-0.25, -0.2) is 4.99 Å². The zero-order valence-electron chi connectivity index (χ0n) is 13.4. The van der Waals surface area contributed by atoms with Gasteiger partial charge in [0.1, 0.15) is 11.6 Å². The molecule has 0 bridgehead atoms. The summed E-state index contributed by atoms with van der Waals surface area (Å²) in [6, 6.07) is 2.20. The number of carbonyl (C=O) groups is 1. The maximum absolute atomic E-state index is 12.2. The van der Waals surface area contributed by atoms with Gasteiger partial charge in [0, 0.05) is 24.9 Å². The summed E-state index contributed by atoms with van der Waals surface area (Å²) in [7, 11) is 0. The van der Waals surface area contributed by atoms with E-state index in [0.29, 0.717) is 11.1 Å². The Kier molecular flexibility index (Phi) is 3.22. The van der Waals surface area contributed by atoms with E-state index in [9.17, 15) is 10.1 Å². The number of nitrogens with zero attached hydrogens (tertiary/aromatic N) is 4. The molecule has 1 amide bonds. The van der Waals surface area contributed by atoms with Crippen molar-refractivity contribution < 1.29 is 4.79 Å². The molecule has 5 nitrogen and oxygen atoms in total. The summed E-state index contributed by atoms with van der Waals surface area (Å²) in [5.74, 6) is -0.428. The molecule has 3 heterocycles. The maximum atomic E-state index is 12.2. The second-order valence-electron chi connectivity index (χ2n) is 6.96. The Bertz CT molecular complexity index is 721. The van der Waals surface area contributed by atoms with Crippen molar-refractivity contribution in [1.82, 2.24) is 4.90 Å². The fourth-order valence-electron chi connectivity index (χ4n) is 3.78. The van der Waals surface area contributed by atoms with Gasteiger partial charge >= 0.3 is 0 Å². The van der Waals surface area contributed by atoms with Gasteiger partial charge in [-0.3, -0.25) is 9.79 Å². The van der Waals surface area contributed by atoms with Gasteiger partial charge in [0.15, 0.2) is 0 Å². The predicted molar refractivity (Wildman–Crippen MR) is 88.2 cm³/mol. The lowest BCUT2D eigenvalue weighted by Gasteiger charge is -2.38. The minimum Gasteiger partial charge on any atom is -0.370 e. The third-order valence-electron chi connectivity index (χ3n) is 5.58. The lowest BCUT2D eigenvalue weighted by atomic mass is 9.89. The van der Waals surface area contributed by atoms with Crippen molar-refractivity contribution in [1.29, 1.82) is 5.26 Å². The van der Waals surface area contributed by atoms with Gasteiger partial charge in [0.25, 0.3) is 5.91 Å².